The van der Waals surface area contributed by atoms with Gasteiger partial charge in [0, 0.05) is 23.7 Å². The number of pyridine rings is 1. The van der Waals surface area contributed by atoms with Gasteiger partial charge in [-0.2, -0.15) is 0 Å². The molecule has 0 saturated carbocycles. The molecule has 1 aliphatic rings. The molecule has 0 bridgehead atoms. The maximum Gasteiger partial charge on any atom is 0.262 e. The number of nitrogens with one attached hydrogen (secondary N) is 1. The van der Waals surface area contributed by atoms with Gasteiger partial charge in [-0.1, -0.05) is 35.9 Å². The van der Waals surface area contributed by atoms with Crippen molar-refractivity contribution in [2.45, 2.75) is 45.3 Å². The molecule has 5 nitrogen and oxygen atoms in total. The Kier molecular flexibility index (Phi) is 5.19. The number of fused-ring (bicyclic) bond motifs is 3. The average molecular weight is 417 g/mol. The van der Waals surface area contributed by atoms with E-state index in [4.69, 9.17) is 0 Å². The standard InChI is InChI=1S/C24H24N4OS/c1-16-5-7-17(8-6-16)13-26-18-9-10-20-21(12-18)30-23-22(20)24(29)28(15-27-23)14-19-4-2-3-11-25-19/h2-8,11,15,18,26H,9-10,12-14H2,1H3. The van der Waals surface area contributed by atoms with Gasteiger partial charge in [0.2, 0.25) is 0 Å². The third kappa shape index (κ3) is 3.80. The molecule has 0 aliphatic heterocycles. The molecule has 3 aromatic heterocycles. The van der Waals surface area contributed by atoms with Gasteiger partial charge in [0.15, 0.2) is 0 Å². The Morgan fingerprint density at radius 3 is 2.83 bits per heavy atom. The Bertz CT molecular complexity index is 1230. The second-order valence-corrected chi connectivity index (χ2v) is 9.07. The molecule has 152 valence electrons. The fourth-order valence-corrected chi connectivity index (χ4v) is 5.38. The molecule has 3 heterocycles. The Balaban J connectivity index is 1.36. The molecule has 1 atom stereocenters. The molecular weight excluding hydrogens is 392 g/mol. The first-order valence-corrected chi connectivity index (χ1v) is 11.2. The largest absolute Gasteiger partial charge is 0.310 e. The maximum atomic E-state index is 13.2. The second kappa shape index (κ2) is 8.13. The van der Waals surface area contributed by atoms with Gasteiger partial charge >= 0.3 is 0 Å². The zero-order valence-electron chi connectivity index (χ0n) is 17.0. The summed E-state index contributed by atoms with van der Waals surface area (Å²) in [4.78, 5) is 24.3. The van der Waals surface area contributed by atoms with Crippen LogP contribution in [0.3, 0.4) is 0 Å². The molecule has 1 aromatic carbocycles. The SMILES string of the molecule is Cc1ccc(CNC2CCc3c(sc4ncn(Cc5ccccn5)c(=O)c34)C2)cc1. The first kappa shape index (κ1) is 19.2. The topological polar surface area (TPSA) is 59.8 Å². The highest BCUT2D eigenvalue weighted by molar-refractivity contribution is 7.18. The van der Waals surface area contributed by atoms with Gasteiger partial charge in [-0.3, -0.25) is 14.3 Å². The van der Waals surface area contributed by atoms with Gasteiger partial charge in [-0.05, 0) is 49.4 Å². The molecule has 0 amide bonds. The van der Waals surface area contributed by atoms with E-state index >= 15 is 0 Å². The van der Waals surface area contributed by atoms with E-state index in [1.807, 2.05) is 18.2 Å². The summed E-state index contributed by atoms with van der Waals surface area (Å²) >= 11 is 1.68. The number of nitrogens with zero attached hydrogens (tertiary/aromatic N) is 3. The van der Waals surface area contributed by atoms with Crippen LogP contribution in [0.1, 0.15) is 33.7 Å². The number of aromatic nitrogens is 3. The van der Waals surface area contributed by atoms with Gasteiger partial charge in [0.05, 0.1) is 24.0 Å². The number of thiophene rings is 1. The first-order valence-electron chi connectivity index (χ1n) is 10.4. The van der Waals surface area contributed by atoms with Crippen molar-refractivity contribution in [1.29, 1.82) is 0 Å². The van der Waals surface area contributed by atoms with Crippen LogP contribution in [0.25, 0.3) is 10.2 Å². The van der Waals surface area contributed by atoms with Crippen molar-refractivity contribution < 1.29 is 0 Å². The summed E-state index contributed by atoms with van der Waals surface area (Å²) in [6.45, 7) is 3.44. The zero-order chi connectivity index (χ0) is 20.5. The number of rotatable bonds is 5. The highest BCUT2D eigenvalue weighted by Gasteiger charge is 2.25. The van der Waals surface area contributed by atoms with Gasteiger partial charge in [0.1, 0.15) is 4.83 Å². The first-order chi connectivity index (χ1) is 14.7. The zero-order valence-corrected chi connectivity index (χ0v) is 17.8. The van der Waals surface area contributed by atoms with Crippen molar-refractivity contribution in [3.8, 4) is 0 Å². The van der Waals surface area contributed by atoms with Crippen LogP contribution in [0, 0.1) is 6.92 Å². The molecule has 1 aliphatic carbocycles. The van der Waals surface area contributed by atoms with Crippen molar-refractivity contribution >= 4 is 21.6 Å². The number of hydrogen-bond donors (Lipinski definition) is 1. The van der Waals surface area contributed by atoms with Gasteiger partial charge in [-0.15, -0.1) is 11.3 Å². The van der Waals surface area contributed by atoms with Gasteiger partial charge in [-0.25, -0.2) is 4.98 Å². The molecular formula is C24H24N4OS. The lowest BCUT2D eigenvalue weighted by molar-refractivity contribution is 0.462. The minimum atomic E-state index is 0.0502. The Hall–Kier alpha value is -2.83. The predicted molar refractivity (Wildman–Crippen MR) is 121 cm³/mol. The number of hydrogen-bond acceptors (Lipinski definition) is 5. The van der Waals surface area contributed by atoms with Crippen LogP contribution >= 0.6 is 11.3 Å². The highest BCUT2D eigenvalue weighted by Crippen LogP contribution is 2.33. The Labute approximate surface area is 179 Å². The van der Waals surface area contributed by atoms with Crippen LogP contribution in [0.2, 0.25) is 0 Å². The van der Waals surface area contributed by atoms with Crippen molar-refractivity contribution in [2.75, 3.05) is 0 Å². The van der Waals surface area contributed by atoms with Crippen molar-refractivity contribution in [1.82, 2.24) is 19.9 Å². The quantitative estimate of drug-likeness (QED) is 0.537. The van der Waals surface area contributed by atoms with Crippen molar-refractivity contribution in [2.24, 2.45) is 0 Å². The lowest BCUT2D eigenvalue weighted by Crippen LogP contribution is -2.33. The molecule has 5 rings (SSSR count). The minimum Gasteiger partial charge on any atom is -0.310 e. The summed E-state index contributed by atoms with van der Waals surface area (Å²) in [5.41, 5.74) is 4.71. The summed E-state index contributed by atoms with van der Waals surface area (Å²) < 4.78 is 1.68. The third-order valence-corrected chi connectivity index (χ3v) is 6.97. The van der Waals surface area contributed by atoms with E-state index in [-0.39, 0.29) is 5.56 Å². The van der Waals surface area contributed by atoms with Crippen molar-refractivity contribution in [3.05, 3.63) is 92.6 Å². The van der Waals surface area contributed by atoms with Crippen molar-refractivity contribution in [3.63, 3.8) is 0 Å². The number of aryl methyl sites for hydroxylation is 2. The monoisotopic (exact) mass is 416 g/mol. The van der Waals surface area contributed by atoms with E-state index in [0.29, 0.717) is 12.6 Å². The van der Waals surface area contributed by atoms with Crippen LogP contribution in [0.15, 0.2) is 59.8 Å². The molecule has 0 spiro atoms. The molecule has 1 N–H and O–H groups in total. The smallest absolute Gasteiger partial charge is 0.262 e. The maximum absolute atomic E-state index is 13.2. The summed E-state index contributed by atoms with van der Waals surface area (Å²) in [5, 5.41) is 4.51. The van der Waals surface area contributed by atoms with E-state index in [9.17, 15) is 4.79 Å². The van der Waals surface area contributed by atoms with Crippen LogP contribution < -0.4 is 10.9 Å². The Morgan fingerprint density at radius 1 is 1.17 bits per heavy atom. The normalized spacial score (nSPS) is 16.0. The van der Waals surface area contributed by atoms with E-state index in [2.05, 4.69) is 46.5 Å². The average Bonchev–Trinajstić information content (AvgIpc) is 3.14. The number of benzene rings is 1. The fraction of sp³-hybridized carbons (Fsp3) is 0.292. The van der Waals surface area contributed by atoms with Gasteiger partial charge in [0.25, 0.3) is 5.56 Å². The van der Waals surface area contributed by atoms with E-state index in [0.717, 1.165) is 41.7 Å². The highest BCUT2D eigenvalue weighted by atomic mass is 32.1. The molecule has 6 heteroatoms. The lowest BCUT2D eigenvalue weighted by Gasteiger charge is -2.23. The van der Waals surface area contributed by atoms with Crippen LogP contribution in [0.5, 0.6) is 0 Å². The van der Waals surface area contributed by atoms with Gasteiger partial charge < -0.3 is 5.32 Å². The Morgan fingerprint density at radius 2 is 2.03 bits per heavy atom. The summed E-state index contributed by atoms with van der Waals surface area (Å²) in [5.74, 6) is 0. The molecule has 1 unspecified atom stereocenters. The third-order valence-electron chi connectivity index (χ3n) is 5.81. The molecule has 30 heavy (non-hydrogen) atoms. The molecule has 0 saturated heterocycles. The summed E-state index contributed by atoms with van der Waals surface area (Å²) in [6.07, 6.45) is 6.34. The molecule has 0 fully saturated rings. The summed E-state index contributed by atoms with van der Waals surface area (Å²) in [7, 11) is 0. The van der Waals surface area contributed by atoms with Crippen LogP contribution in [-0.4, -0.2) is 20.6 Å². The van der Waals surface area contributed by atoms with E-state index < -0.39 is 0 Å². The lowest BCUT2D eigenvalue weighted by atomic mass is 9.93. The molecule has 4 aromatic rings. The van der Waals surface area contributed by atoms with E-state index in [1.165, 1.54) is 21.6 Å². The summed E-state index contributed by atoms with van der Waals surface area (Å²) in [6, 6.07) is 14.9. The fourth-order valence-electron chi connectivity index (χ4n) is 4.12. The minimum absolute atomic E-state index is 0.0502. The van der Waals surface area contributed by atoms with Crippen LogP contribution in [0.4, 0.5) is 0 Å². The van der Waals surface area contributed by atoms with E-state index in [1.54, 1.807) is 28.4 Å². The van der Waals surface area contributed by atoms with Crippen LogP contribution in [-0.2, 0) is 25.9 Å². The predicted octanol–water partition coefficient (Wildman–Crippen LogP) is 3.86. The second-order valence-electron chi connectivity index (χ2n) is 7.99. The molecule has 0 radical (unpaired) electrons.